The molecule has 6 heteroatoms. The number of rotatable bonds is 7. The van der Waals surface area contributed by atoms with E-state index in [-0.39, 0.29) is 5.56 Å². The van der Waals surface area contributed by atoms with Crippen LogP contribution in [-0.4, -0.2) is 28.4 Å². The van der Waals surface area contributed by atoms with Crippen molar-refractivity contribution in [1.29, 1.82) is 0 Å². The van der Waals surface area contributed by atoms with Gasteiger partial charge in [0.15, 0.2) is 0 Å². The van der Waals surface area contributed by atoms with Gasteiger partial charge in [0.2, 0.25) is 0 Å². The van der Waals surface area contributed by atoms with Gasteiger partial charge >= 0.3 is 0 Å². The second-order valence-electron chi connectivity index (χ2n) is 7.21. The van der Waals surface area contributed by atoms with Crippen LogP contribution in [0.1, 0.15) is 12.8 Å². The maximum atomic E-state index is 13.2. The Balaban J connectivity index is 1.84. The SMILES string of the molecule is CNc1ccc(-c2cc(-c3ccc4cccnc4c3)c(=O)n(CCCCN)n2)cc1. The average molecular weight is 399 g/mol. The number of aromatic nitrogens is 3. The summed E-state index contributed by atoms with van der Waals surface area (Å²) in [5.74, 6) is 0. The standard InChI is InChI=1S/C24H25N5O/c1-26-20-10-8-18(9-11-20)23-16-21(24(30)29(28-23)14-3-2-12-25)19-7-6-17-5-4-13-27-22(17)15-19/h4-11,13,15-16,26H,2-3,12,14,25H2,1H3. The summed E-state index contributed by atoms with van der Waals surface area (Å²) < 4.78 is 1.56. The predicted octanol–water partition coefficient (Wildman–Crippen LogP) is 3.91. The molecule has 0 unspecified atom stereocenters. The normalized spacial score (nSPS) is 11.0. The van der Waals surface area contributed by atoms with E-state index in [0.717, 1.165) is 46.3 Å². The summed E-state index contributed by atoms with van der Waals surface area (Å²) in [6.45, 7) is 1.14. The molecule has 0 saturated carbocycles. The topological polar surface area (TPSA) is 85.8 Å². The number of fused-ring (bicyclic) bond motifs is 1. The van der Waals surface area contributed by atoms with Crippen molar-refractivity contribution in [2.24, 2.45) is 5.73 Å². The first-order valence-electron chi connectivity index (χ1n) is 10.1. The Morgan fingerprint density at radius 1 is 1.00 bits per heavy atom. The van der Waals surface area contributed by atoms with Crippen molar-refractivity contribution in [3.05, 3.63) is 77.2 Å². The van der Waals surface area contributed by atoms with Gasteiger partial charge in [-0.2, -0.15) is 5.10 Å². The zero-order chi connectivity index (χ0) is 20.9. The first kappa shape index (κ1) is 19.8. The summed E-state index contributed by atoms with van der Waals surface area (Å²) in [7, 11) is 1.89. The molecule has 0 radical (unpaired) electrons. The lowest BCUT2D eigenvalue weighted by Crippen LogP contribution is -2.25. The smallest absolute Gasteiger partial charge is 0.274 e. The minimum atomic E-state index is -0.0992. The molecule has 6 nitrogen and oxygen atoms in total. The van der Waals surface area contributed by atoms with Crippen LogP contribution < -0.4 is 16.6 Å². The highest BCUT2D eigenvalue weighted by atomic mass is 16.1. The van der Waals surface area contributed by atoms with Crippen LogP contribution in [0.3, 0.4) is 0 Å². The number of nitrogens with zero attached hydrogens (tertiary/aromatic N) is 3. The summed E-state index contributed by atoms with van der Waals surface area (Å²) in [4.78, 5) is 17.7. The van der Waals surface area contributed by atoms with Gasteiger partial charge < -0.3 is 11.1 Å². The van der Waals surface area contributed by atoms with Gasteiger partial charge in [0.1, 0.15) is 0 Å². The fraction of sp³-hybridized carbons (Fsp3) is 0.208. The number of pyridine rings is 1. The highest BCUT2D eigenvalue weighted by molar-refractivity contribution is 5.84. The number of unbranched alkanes of at least 4 members (excludes halogenated alkanes) is 1. The molecule has 0 fully saturated rings. The van der Waals surface area contributed by atoms with Gasteiger partial charge in [0, 0.05) is 36.4 Å². The molecule has 0 spiro atoms. The van der Waals surface area contributed by atoms with Crippen LogP contribution in [0.5, 0.6) is 0 Å². The predicted molar refractivity (Wildman–Crippen MR) is 123 cm³/mol. The number of nitrogens with two attached hydrogens (primary N) is 1. The Labute approximate surface area is 175 Å². The fourth-order valence-electron chi connectivity index (χ4n) is 3.49. The van der Waals surface area contributed by atoms with E-state index in [1.165, 1.54) is 0 Å². The second-order valence-corrected chi connectivity index (χ2v) is 7.21. The quantitative estimate of drug-likeness (QED) is 0.460. The molecule has 0 aliphatic heterocycles. The van der Waals surface area contributed by atoms with Crippen molar-refractivity contribution < 1.29 is 0 Å². The Morgan fingerprint density at radius 2 is 1.80 bits per heavy atom. The van der Waals surface area contributed by atoms with Crippen molar-refractivity contribution in [3.8, 4) is 22.4 Å². The van der Waals surface area contributed by atoms with Crippen LogP contribution in [-0.2, 0) is 6.54 Å². The third-order valence-electron chi connectivity index (χ3n) is 5.18. The van der Waals surface area contributed by atoms with Crippen LogP contribution in [0.15, 0.2) is 71.7 Å². The van der Waals surface area contributed by atoms with Crippen molar-refractivity contribution >= 4 is 16.6 Å². The lowest BCUT2D eigenvalue weighted by Gasteiger charge is -2.12. The third kappa shape index (κ3) is 4.09. The molecule has 0 aliphatic rings. The van der Waals surface area contributed by atoms with Gasteiger partial charge in [-0.1, -0.05) is 30.3 Å². The summed E-state index contributed by atoms with van der Waals surface area (Å²) in [6, 6.07) is 19.7. The van der Waals surface area contributed by atoms with E-state index in [1.54, 1.807) is 10.9 Å². The lowest BCUT2D eigenvalue weighted by molar-refractivity contribution is 0.538. The van der Waals surface area contributed by atoms with Crippen molar-refractivity contribution in [2.75, 3.05) is 18.9 Å². The van der Waals surface area contributed by atoms with Crippen LogP contribution in [0, 0.1) is 0 Å². The Morgan fingerprint density at radius 3 is 2.57 bits per heavy atom. The summed E-state index contributed by atoms with van der Waals surface area (Å²) >= 11 is 0. The molecule has 2 aromatic carbocycles. The first-order valence-corrected chi connectivity index (χ1v) is 10.1. The molecule has 0 amide bonds. The molecule has 0 aliphatic carbocycles. The maximum absolute atomic E-state index is 13.2. The highest BCUT2D eigenvalue weighted by Gasteiger charge is 2.13. The van der Waals surface area contributed by atoms with Crippen LogP contribution in [0.4, 0.5) is 5.69 Å². The lowest BCUT2D eigenvalue weighted by atomic mass is 10.0. The van der Waals surface area contributed by atoms with Crippen molar-refractivity contribution in [3.63, 3.8) is 0 Å². The maximum Gasteiger partial charge on any atom is 0.274 e. The van der Waals surface area contributed by atoms with Crippen molar-refractivity contribution in [1.82, 2.24) is 14.8 Å². The van der Waals surface area contributed by atoms with E-state index in [0.29, 0.717) is 18.7 Å². The van der Waals surface area contributed by atoms with Crippen LogP contribution >= 0.6 is 0 Å². The minimum Gasteiger partial charge on any atom is -0.388 e. The molecule has 30 heavy (non-hydrogen) atoms. The van der Waals surface area contributed by atoms with E-state index in [1.807, 2.05) is 67.7 Å². The molecule has 4 aromatic rings. The van der Waals surface area contributed by atoms with Crippen LogP contribution in [0.25, 0.3) is 33.3 Å². The van der Waals surface area contributed by atoms with E-state index >= 15 is 0 Å². The molecular formula is C24H25N5O. The van der Waals surface area contributed by atoms with E-state index in [9.17, 15) is 4.79 Å². The Hall–Kier alpha value is -3.51. The minimum absolute atomic E-state index is 0.0992. The molecular weight excluding hydrogens is 374 g/mol. The number of aryl methyl sites for hydroxylation is 1. The van der Waals surface area contributed by atoms with Gasteiger partial charge in [0.25, 0.3) is 5.56 Å². The zero-order valence-electron chi connectivity index (χ0n) is 17.0. The number of hydrogen-bond acceptors (Lipinski definition) is 5. The highest BCUT2D eigenvalue weighted by Crippen LogP contribution is 2.25. The van der Waals surface area contributed by atoms with Gasteiger partial charge in [0.05, 0.1) is 16.8 Å². The molecule has 0 bridgehead atoms. The number of anilines is 1. The number of nitrogens with one attached hydrogen (secondary N) is 1. The Bertz CT molecular complexity index is 1210. The van der Waals surface area contributed by atoms with E-state index in [4.69, 9.17) is 5.73 Å². The molecule has 0 saturated heterocycles. The molecule has 4 rings (SSSR count). The molecule has 152 valence electrons. The third-order valence-corrected chi connectivity index (χ3v) is 5.18. The number of benzene rings is 2. The van der Waals surface area contributed by atoms with Gasteiger partial charge in [-0.05, 0) is 55.3 Å². The zero-order valence-corrected chi connectivity index (χ0v) is 17.0. The average Bonchev–Trinajstić information content (AvgIpc) is 2.80. The summed E-state index contributed by atoms with van der Waals surface area (Å²) in [6.07, 6.45) is 3.42. The van der Waals surface area contributed by atoms with E-state index in [2.05, 4.69) is 15.4 Å². The van der Waals surface area contributed by atoms with Crippen LogP contribution in [0.2, 0.25) is 0 Å². The number of hydrogen-bond donors (Lipinski definition) is 2. The monoisotopic (exact) mass is 399 g/mol. The molecule has 2 aromatic heterocycles. The summed E-state index contributed by atoms with van der Waals surface area (Å²) in [5, 5.41) is 8.81. The largest absolute Gasteiger partial charge is 0.388 e. The van der Waals surface area contributed by atoms with Gasteiger partial charge in [-0.25, -0.2) is 4.68 Å². The molecule has 3 N–H and O–H groups in total. The van der Waals surface area contributed by atoms with Gasteiger partial charge in [-0.15, -0.1) is 0 Å². The van der Waals surface area contributed by atoms with Crippen molar-refractivity contribution in [2.45, 2.75) is 19.4 Å². The molecule has 2 heterocycles. The first-order chi connectivity index (χ1) is 14.7. The summed E-state index contributed by atoms with van der Waals surface area (Å²) in [5.41, 5.74) is 10.6. The van der Waals surface area contributed by atoms with Gasteiger partial charge in [-0.3, -0.25) is 9.78 Å². The fourth-order valence-corrected chi connectivity index (χ4v) is 3.49. The second kappa shape index (κ2) is 8.88. The van der Waals surface area contributed by atoms with E-state index < -0.39 is 0 Å². The molecule has 0 atom stereocenters. The Kier molecular flexibility index (Phi) is 5.86.